The first kappa shape index (κ1) is 71.4. The van der Waals surface area contributed by atoms with Gasteiger partial charge in [-0.3, -0.25) is 0 Å². The molecular weight excluding hydrogens is 1500 g/mol. The molecule has 0 fully saturated rings. The van der Waals surface area contributed by atoms with Crippen LogP contribution in [0, 0.1) is 0 Å². The fourth-order valence-corrected chi connectivity index (χ4v) is 21.6. The summed E-state index contributed by atoms with van der Waals surface area (Å²) in [5, 5.41) is 24.7. The number of hydrogen-bond acceptors (Lipinski definition) is 2. The molecule has 0 bridgehead atoms. The van der Waals surface area contributed by atoms with Crippen molar-refractivity contribution >= 4 is 130 Å². The molecule has 0 spiro atoms. The molecule has 26 rings (SSSR count). The summed E-state index contributed by atoms with van der Waals surface area (Å²) >= 11 is 0. The maximum absolute atomic E-state index is 6.55. The van der Waals surface area contributed by atoms with Crippen LogP contribution in [0.4, 0.5) is 0 Å². The lowest BCUT2D eigenvalue weighted by Gasteiger charge is -2.21. The molecule has 0 unspecified atom stereocenters. The molecule has 0 saturated heterocycles. The maximum atomic E-state index is 6.55. The van der Waals surface area contributed by atoms with Crippen LogP contribution in [-0.4, -0.2) is 0 Å². The second-order valence-corrected chi connectivity index (χ2v) is 35.2. The predicted octanol–water partition coefficient (Wildman–Crippen LogP) is 34.3. The summed E-state index contributed by atoms with van der Waals surface area (Å²) < 4.78 is 13.1. The van der Waals surface area contributed by atoms with Crippen LogP contribution in [0.15, 0.2) is 421 Å². The van der Waals surface area contributed by atoms with Crippen molar-refractivity contribution in [3.63, 3.8) is 0 Å². The summed E-state index contributed by atoms with van der Waals surface area (Å²) in [5.74, 6) is 0. The second kappa shape index (κ2) is 27.5. The Morgan fingerprint density at radius 3 is 0.871 bits per heavy atom. The van der Waals surface area contributed by atoms with Crippen LogP contribution >= 0.6 is 0 Å². The molecule has 2 aromatic heterocycles. The number of benzene rings is 22. The van der Waals surface area contributed by atoms with Crippen LogP contribution in [0.2, 0.25) is 0 Å². The molecule has 2 heterocycles. The summed E-state index contributed by atoms with van der Waals surface area (Å²) in [4.78, 5) is 0. The Labute approximate surface area is 718 Å². The smallest absolute Gasteiger partial charge is 0.135 e. The standard InChI is InChI=1S/2C61H40O/c1-61(2)54-30-27-41(35-53(54)60-46-16-6-4-13-38(46)26-31-55(60)61)42-28-32-56-51(34-42)52-36-43(29-33-57(52)62-56)59-49-19-9-7-17-47(49)58(48-18-8-10-20-50(48)59)40-24-22-39(23-25-40)45-21-11-14-37-12-3-5-15-44(37)45;1-61(2)54-28-25-42(35-53(54)60-46-17-6-5-13-38(46)24-29-55(60)61)43-26-30-56-51(34-43)52-36-45(27-31-57(52)62-56)59-49-20-9-7-18-47(49)58(48-19-8-10-21-50(48)59)44-16-11-15-40(33-44)41-23-22-37-12-3-4-14-39(37)32-41/h2*3-36H,1-2H3. The van der Waals surface area contributed by atoms with E-state index in [-0.39, 0.29) is 10.8 Å². The Morgan fingerprint density at radius 2 is 0.419 bits per heavy atom. The third kappa shape index (κ3) is 11.1. The van der Waals surface area contributed by atoms with Crippen molar-refractivity contribution < 1.29 is 8.83 Å². The first-order valence-corrected chi connectivity index (χ1v) is 43.3. The monoisotopic (exact) mass is 1580 g/mol. The van der Waals surface area contributed by atoms with Crippen molar-refractivity contribution in [1.82, 2.24) is 0 Å². The Hall–Kier alpha value is -15.5. The van der Waals surface area contributed by atoms with Gasteiger partial charge in [-0.05, 0) is 292 Å². The van der Waals surface area contributed by atoms with Gasteiger partial charge in [0.2, 0.25) is 0 Å². The molecule has 0 amide bonds. The highest BCUT2D eigenvalue weighted by atomic mass is 16.3. The summed E-state index contributed by atoms with van der Waals surface area (Å²) in [5.41, 5.74) is 33.9. The van der Waals surface area contributed by atoms with E-state index in [1.807, 2.05) is 0 Å². The molecule has 124 heavy (non-hydrogen) atoms. The molecule has 0 saturated carbocycles. The van der Waals surface area contributed by atoms with Crippen LogP contribution in [0.25, 0.3) is 241 Å². The minimum Gasteiger partial charge on any atom is -0.456 e. The van der Waals surface area contributed by atoms with Gasteiger partial charge in [-0.25, -0.2) is 0 Å². The molecule has 0 radical (unpaired) electrons. The Kier molecular flexibility index (Phi) is 15.9. The van der Waals surface area contributed by atoms with Crippen LogP contribution in [0.3, 0.4) is 0 Å². The number of hydrogen-bond donors (Lipinski definition) is 0. The van der Waals surface area contributed by atoms with Crippen molar-refractivity contribution in [2.75, 3.05) is 0 Å². The highest BCUT2D eigenvalue weighted by Crippen LogP contribution is 2.56. The topological polar surface area (TPSA) is 26.3 Å². The van der Waals surface area contributed by atoms with E-state index in [4.69, 9.17) is 8.83 Å². The van der Waals surface area contributed by atoms with Gasteiger partial charge in [0.05, 0.1) is 0 Å². The summed E-state index contributed by atoms with van der Waals surface area (Å²) in [6.45, 7) is 9.44. The molecule has 0 N–H and O–H groups in total. The van der Waals surface area contributed by atoms with E-state index in [9.17, 15) is 0 Å². The van der Waals surface area contributed by atoms with Gasteiger partial charge in [0, 0.05) is 32.4 Å². The lowest BCUT2D eigenvalue weighted by Crippen LogP contribution is -2.14. The van der Waals surface area contributed by atoms with Crippen LogP contribution < -0.4 is 0 Å². The zero-order valence-electron chi connectivity index (χ0n) is 69.1. The van der Waals surface area contributed by atoms with Crippen molar-refractivity contribution in [1.29, 1.82) is 0 Å². The minimum absolute atomic E-state index is 0.0659. The van der Waals surface area contributed by atoms with E-state index in [0.29, 0.717) is 0 Å². The number of rotatable bonds is 8. The average molecular weight is 1580 g/mol. The molecule has 0 aliphatic heterocycles. The normalized spacial score (nSPS) is 13.1. The average Bonchev–Trinajstić information content (AvgIpc) is 1.43. The number of furan rings is 2. The third-order valence-electron chi connectivity index (χ3n) is 27.7. The molecule has 2 aliphatic rings. The first-order chi connectivity index (χ1) is 61.0. The fourth-order valence-electron chi connectivity index (χ4n) is 21.6. The molecule has 2 heteroatoms. The largest absolute Gasteiger partial charge is 0.456 e. The van der Waals surface area contributed by atoms with Gasteiger partial charge in [-0.15, -0.1) is 0 Å². The van der Waals surface area contributed by atoms with Crippen LogP contribution in [0.5, 0.6) is 0 Å². The first-order valence-electron chi connectivity index (χ1n) is 43.3. The van der Waals surface area contributed by atoms with Gasteiger partial charge in [-0.1, -0.05) is 367 Å². The Balaban J connectivity index is 0.000000136. The molecule has 2 aliphatic carbocycles. The van der Waals surface area contributed by atoms with Gasteiger partial charge >= 0.3 is 0 Å². The molecule has 2 nitrogen and oxygen atoms in total. The van der Waals surface area contributed by atoms with E-state index >= 15 is 0 Å². The van der Waals surface area contributed by atoms with Crippen LogP contribution in [0.1, 0.15) is 49.9 Å². The van der Waals surface area contributed by atoms with E-state index in [0.717, 1.165) is 43.9 Å². The highest BCUT2D eigenvalue weighted by Gasteiger charge is 2.39. The molecule has 24 aromatic rings. The summed E-state index contributed by atoms with van der Waals surface area (Å²) in [6.07, 6.45) is 0. The van der Waals surface area contributed by atoms with Gasteiger partial charge in [-0.2, -0.15) is 0 Å². The zero-order chi connectivity index (χ0) is 82.2. The van der Waals surface area contributed by atoms with Crippen molar-refractivity contribution in [2.45, 2.75) is 38.5 Å². The predicted molar refractivity (Wildman–Crippen MR) is 526 cm³/mol. The van der Waals surface area contributed by atoms with Crippen LogP contribution in [-0.2, 0) is 10.8 Å². The van der Waals surface area contributed by atoms with E-state index < -0.39 is 0 Å². The van der Waals surface area contributed by atoms with Crippen molar-refractivity contribution in [3.05, 3.63) is 435 Å². The summed E-state index contributed by atoms with van der Waals surface area (Å²) in [7, 11) is 0. The van der Waals surface area contributed by atoms with Crippen molar-refractivity contribution in [2.24, 2.45) is 0 Å². The number of fused-ring (bicyclic) bond motifs is 22. The van der Waals surface area contributed by atoms with E-state index in [1.54, 1.807) is 0 Å². The highest BCUT2D eigenvalue weighted by molar-refractivity contribution is 6.25. The van der Waals surface area contributed by atoms with Gasteiger partial charge in [0.15, 0.2) is 0 Å². The molecular formula is C122H80O2. The van der Waals surface area contributed by atoms with E-state index in [1.165, 1.54) is 220 Å². The Bertz CT molecular complexity index is 8560. The molecule has 0 atom stereocenters. The maximum Gasteiger partial charge on any atom is 0.135 e. The lowest BCUT2D eigenvalue weighted by atomic mass is 9.82. The van der Waals surface area contributed by atoms with E-state index in [2.05, 4.69) is 440 Å². The minimum atomic E-state index is -0.0667. The second-order valence-electron chi connectivity index (χ2n) is 35.2. The Morgan fingerprint density at radius 1 is 0.145 bits per heavy atom. The van der Waals surface area contributed by atoms with Gasteiger partial charge in [0.25, 0.3) is 0 Å². The quantitative estimate of drug-likeness (QED) is 0.142. The SMILES string of the molecule is CC1(C)c2ccc(-c3ccc4oc5ccc(-c6c7ccccc7c(-c7ccc(-c8cccc9ccccc89)cc7)c7ccccc67)cc5c4c3)cc2-c2c1ccc1ccccc21.CC1(C)c2ccc(-c3ccc4oc5ccc(-c6c7ccccc7c(-c7cccc(-c8ccc9ccccc9c8)c7)c7ccccc67)cc5c4c3)cc2-c2c1ccc1ccccc21. The molecule has 580 valence electrons. The van der Waals surface area contributed by atoms with Crippen molar-refractivity contribution in [3.8, 4) is 111 Å². The van der Waals surface area contributed by atoms with Gasteiger partial charge < -0.3 is 8.83 Å². The molecule has 22 aromatic carbocycles. The summed E-state index contributed by atoms with van der Waals surface area (Å²) in [6, 6.07) is 152. The van der Waals surface area contributed by atoms with Gasteiger partial charge in [0.1, 0.15) is 22.3 Å². The zero-order valence-corrected chi connectivity index (χ0v) is 69.1. The third-order valence-corrected chi connectivity index (χ3v) is 27.7. The lowest BCUT2D eigenvalue weighted by molar-refractivity contribution is 0.661. The fraction of sp³-hybridized carbons (Fsp3) is 0.0492.